The molecule has 1 amide bonds. The molecule has 26 heavy (non-hydrogen) atoms. The largest absolute Gasteiger partial charge is 0.323 e. The molecule has 1 aliphatic heterocycles. The van der Waals surface area contributed by atoms with Gasteiger partial charge in [0.15, 0.2) is 0 Å². The summed E-state index contributed by atoms with van der Waals surface area (Å²) in [5, 5.41) is 7.03. The number of amides is 1. The van der Waals surface area contributed by atoms with E-state index in [9.17, 15) is 13.2 Å². The second-order valence-corrected chi connectivity index (χ2v) is 8.86. The number of anilines is 1. The highest BCUT2D eigenvalue weighted by molar-refractivity contribution is 7.89. The summed E-state index contributed by atoms with van der Waals surface area (Å²) in [5.74, 6) is -0.0435. The molecule has 1 N–H and O–H groups in total. The van der Waals surface area contributed by atoms with E-state index in [0.717, 1.165) is 5.56 Å². The number of hydrogen-bond donors (Lipinski definition) is 1. The van der Waals surface area contributed by atoms with Crippen molar-refractivity contribution in [1.29, 1.82) is 0 Å². The van der Waals surface area contributed by atoms with Gasteiger partial charge in [-0.25, -0.2) is 12.7 Å². The lowest BCUT2D eigenvalue weighted by Gasteiger charge is -2.40. The summed E-state index contributed by atoms with van der Waals surface area (Å²) >= 11 is 0. The van der Waals surface area contributed by atoms with Gasteiger partial charge in [-0.15, -0.1) is 0 Å². The van der Waals surface area contributed by atoms with E-state index < -0.39 is 15.4 Å². The highest BCUT2D eigenvalue weighted by atomic mass is 32.2. The van der Waals surface area contributed by atoms with Crippen molar-refractivity contribution in [2.24, 2.45) is 7.05 Å². The molecular weight excluding hydrogens is 352 g/mol. The zero-order valence-electron chi connectivity index (χ0n) is 15.1. The fourth-order valence-electron chi connectivity index (χ4n) is 3.47. The van der Waals surface area contributed by atoms with Crippen LogP contribution in [0.5, 0.6) is 0 Å². The maximum Gasteiger partial charge on any atom is 0.235 e. The summed E-state index contributed by atoms with van der Waals surface area (Å²) in [7, 11) is -1.46. The third-order valence-corrected chi connectivity index (χ3v) is 6.94. The zero-order valence-corrected chi connectivity index (χ0v) is 15.9. The molecule has 1 aliphatic rings. The fourth-order valence-corrected chi connectivity index (χ4v) is 4.57. The smallest absolute Gasteiger partial charge is 0.235 e. The van der Waals surface area contributed by atoms with Crippen molar-refractivity contribution >= 4 is 21.6 Å². The van der Waals surface area contributed by atoms with Crippen LogP contribution in [0.3, 0.4) is 0 Å². The van der Waals surface area contributed by atoms with Gasteiger partial charge >= 0.3 is 0 Å². The summed E-state index contributed by atoms with van der Waals surface area (Å²) < 4.78 is 27.5. The molecule has 2 aromatic rings. The lowest BCUT2D eigenvalue weighted by Crippen LogP contribution is -2.51. The number of sulfonamides is 1. The number of rotatable bonds is 5. The standard InChI is InChI=1S/C18H24N4O3S/c1-3-26(24,25)22-11-9-18(10-12-22,15-7-5-4-6-8-15)17(23)20-16-13-19-21(2)14-16/h4-8,13-14H,3,9-12H2,1-2H3,(H,20,23). The Labute approximate surface area is 154 Å². The lowest BCUT2D eigenvalue weighted by atomic mass is 9.72. The Balaban J connectivity index is 1.89. The van der Waals surface area contributed by atoms with Crippen molar-refractivity contribution in [3.8, 4) is 0 Å². The molecule has 0 unspecified atom stereocenters. The molecule has 1 aromatic carbocycles. The van der Waals surface area contributed by atoms with Crippen LogP contribution >= 0.6 is 0 Å². The van der Waals surface area contributed by atoms with Gasteiger partial charge in [0.25, 0.3) is 0 Å². The molecule has 0 radical (unpaired) electrons. The van der Waals surface area contributed by atoms with Gasteiger partial charge in [0.2, 0.25) is 15.9 Å². The highest BCUT2D eigenvalue weighted by Gasteiger charge is 2.44. The molecule has 1 aromatic heterocycles. The number of aryl methyl sites for hydroxylation is 1. The molecule has 8 heteroatoms. The van der Waals surface area contributed by atoms with Gasteiger partial charge in [-0.3, -0.25) is 9.48 Å². The van der Waals surface area contributed by atoms with Crippen LogP contribution in [0.2, 0.25) is 0 Å². The monoisotopic (exact) mass is 376 g/mol. The number of carbonyl (C=O) groups is 1. The van der Waals surface area contributed by atoms with Gasteiger partial charge in [-0.1, -0.05) is 30.3 Å². The molecule has 3 rings (SSSR count). The molecular formula is C18H24N4O3S. The number of benzene rings is 1. The molecule has 0 spiro atoms. The number of nitrogens with one attached hydrogen (secondary N) is 1. The van der Waals surface area contributed by atoms with E-state index in [-0.39, 0.29) is 11.7 Å². The molecule has 0 atom stereocenters. The maximum atomic E-state index is 13.2. The SMILES string of the molecule is CCS(=O)(=O)N1CCC(C(=O)Nc2cnn(C)c2)(c2ccccc2)CC1. The van der Waals surface area contributed by atoms with Crippen molar-refractivity contribution < 1.29 is 13.2 Å². The van der Waals surface area contributed by atoms with Crippen molar-refractivity contribution in [1.82, 2.24) is 14.1 Å². The second-order valence-electron chi connectivity index (χ2n) is 6.60. The Morgan fingerprint density at radius 1 is 1.23 bits per heavy atom. The summed E-state index contributed by atoms with van der Waals surface area (Å²) in [6.07, 6.45) is 4.24. The normalized spacial score (nSPS) is 17.8. The first-order valence-corrected chi connectivity index (χ1v) is 10.3. The average molecular weight is 376 g/mol. The van der Waals surface area contributed by atoms with Crippen LogP contribution in [-0.2, 0) is 27.3 Å². The van der Waals surface area contributed by atoms with E-state index in [1.165, 1.54) is 4.31 Å². The van der Waals surface area contributed by atoms with Gasteiger partial charge in [0.05, 0.1) is 23.1 Å². The minimum absolute atomic E-state index is 0.0766. The Hall–Kier alpha value is -2.19. The van der Waals surface area contributed by atoms with Crippen molar-refractivity contribution in [3.05, 3.63) is 48.3 Å². The molecule has 1 fully saturated rings. The van der Waals surface area contributed by atoms with Crippen molar-refractivity contribution in [2.45, 2.75) is 25.2 Å². The van der Waals surface area contributed by atoms with E-state index >= 15 is 0 Å². The van der Waals surface area contributed by atoms with E-state index in [1.807, 2.05) is 30.3 Å². The number of aromatic nitrogens is 2. The Morgan fingerprint density at radius 2 is 1.88 bits per heavy atom. The molecule has 140 valence electrons. The van der Waals surface area contributed by atoms with Crippen LogP contribution in [-0.4, -0.2) is 47.3 Å². The average Bonchev–Trinajstić information content (AvgIpc) is 3.07. The van der Waals surface area contributed by atoms with Crippen LogP contribution in [0.15, 0.2) is 42.7 Å². The van der Waals surface area contributed by atoms with E-state index in [0.29, 0.717) is 31.6 Å². The molecule has 7 nitrogen and oxygen atoms in total. The van der Waals surface area contributed by atoms with Crippen LogP contribution in [0.1, 0.15) is 25.3 Å². The van der Waals surface area contributed by atoms with Crippen LogP contribution in [0.4, 0.5) is 5.69 Å². The molecule has 1 saturated heterocycles. The van der Waals surface area contributed by atoms with Gasteiger partial charge in [-0.05, 0) is 25.3 Å². The third-order valence-electron chi connectivity index (χ3n) is 5.06. The second kappa shape index (κ2) is 7.20. The number of piperidine rings is 1. The number of hydrogen-bond acceptors (Lipinski definition) is 4. The van der Waals surface area contributed by atoms with Crippen molar-refractivity contribution in [2.75, 3.05) is 24.2 Å². The maximum absolute atomic E-state index is 13.2. The van der Waals surface area contributed by atoms with Crippen LogP contribution in [0, 0.1) is 0 Å². The van der Waals surface area contributed by atoms with E-state index in [2.05, 4.69) is 10.4 Å². The summed E-state index contributed by atoms with van der Waals surface area (Å²) in [6, 6.07) is 9.60. The zero-order chi connectivity index (χ0) is 18.8. The minimum Gasteiger partial charge on any atom is -0.323 e. The van der Waals surface area contributed by atoms with Crippen molar-refractivity contribution in [3.63, 3.8) is 0 Å². The molecule has 0 saturated carbocycles. The Morgan fingerprint density at radius 3 is 2.42 bits per heavy atom. The topological polar surface area (TPSA) is 84.3 Å². The summed E-state index contributed by atoms with van der Waals surface area (Å²) in [4.78, 5) is 13.2. The van der Waals surface area contributed by atoms with E-state index in [1.54, 1.807) is 31.0 Å². The highest BCUT2D eigenvalue weighted by Crippen LogP contribution is 2.37. The number of carbonyl (C=O) groups excluding carboxylic acids is 1. The molecule has 2 heterocycles. The fraction of sp³-hybridized carbons (Fsp3) is 0.444. The molecule has 0 aliphatic carbocycles. The summed E-state index contributed by atoms with van der Waals surface area (Å²) in [6.45, 7) is 2.32. The predicted molar refractivity (Wildman–Crippen MR) is 100 cm³/mol. The van der Waals surface area contributed by atoms with Gasteiger partial charge in [0, 0.05) is 26.3 Å². The van der Waals surface area contributed by atoms with Gasteiger partial charge in [-0.2, -0.15) is 5.10 Å². The Bertz CT molecular complexity index is 869. The molecule has 0 bridgehead atoms. The van der Waals surface area contributed by atoms with Gasteiger partial charge in [0.1, 0.15) is 0 Å². The van der Waals surface area contributed by atoms with Crippen LogP contribution < -0.4 is 5.32 Å². The van der Waals surface area contributed by atoms with Gasteiger partial charge < -0.3 is 5.32 Å². The first-order valence-electron chi connectivity index (χ1n) is 8.71. The summed E-state index contributed by atoms with van der Waals surface area (Å²) in [5.41, 5.74) is 0.794. The van der Waals surface area contributed by atoms with E-state index in [4.69, 9.17) is 0 Å². The number of nitrogens with zero attached hydrogens (tertiary/aromatic N) is 3. The predicted octanol–water partition coefficient (Wildman–Crippen LogP) is 1.74. The first kappa shape index (κ1) is 18.6. The third kappa shape index (κ3) is 3.52. The quantitative estimate of drug-likeness (QED) is 0.861. The minimum atomic E-state index is -3.25. The first-order chi connectivity index (χ1) is 12.4. The Kier molecular flexibility index (Phi) is 5.15. The van der Waals surface area contributed by atoms with Crippen LogP contribution in [0.25, 0.3) is 0 Å². The lowest BCUT2D eigenvalue weighted by molar-refractivity contribution is -0.123.